The number of piperazine rings is 1. The van der Waals surface area contributed by atoms with Crippen LogP contribution < -0.4 is 14.4 Å². The number of benzene rings is 1. The summed E-state index contributed by atoms with van der Waals surface area (Å²) >= 11 is 0. The van der Waals surface area contributed by atoms with Crippen molar-refractivity contribution in [2.75, 3.05) is 50.0 Å². The third kappa shape index (κ3) is 4.05. The van der Waals surface area contributed by atoms with Crippen LogP contribution in [-0.4, -0.2) is 63.9 Å². The number of nitrogens with zero attached hydrogens (tertiary/aromatic N) is 4. The van der Waals surface area contributed by atoms with Crippen LogP contribution in [0.2, 0.25) is 0 Å². The first kappa shape index (κ1) is 18.4. The first-order chi connectivity index (χ1) is 12.4. The lowest BCUT2D eigenvalue weighted by Crippen LogP contribution is -2.44. The fourth-order valence-corrected chi connectivity index (χ4v) is 3.88. The Labute approximate surface area is 153 Å². The Kier molecular flexibility index (Phi) is 5.28. The first-order valence-electron chi connectivity index (χ1n) is 8.34. The second-order valence-electron chi connectivity index (χ2n) is 6.30. The minimum Gasteiger partial charge on any atom is -0.496 e. The van der Waals surface area contributed by atoms with Crippen molar-refractivity contribution in [1.29, 1.82) is 0 Å². The van der Waals surface area contributed by atoms with Gasteiger partial charge in [-0.05, 0) is 49.9 Å². The SMILES string of the molecule is COc1ccc(S(=O)(=O)Nc2ccc(N3CCN(C)CC3)nn2)cc1C. The van der Waals surface area contributed by atoms with Gasteiger partial charge in [-0.15, -0.1) is 10.2 Å². The molecule has 0 atom stereocenters. The molecule has 0 radical (unpaired) electrons. The zero-order chi connectivity index (χ0) is 18.7. The molecule has 1 fully saturated rings. The number of aromatic nitrogens is 2. The highest BCUT2D eigenvalue weighted by Gasteiger charge is 2.18. The molecule has 2 heterocycles. The Balaban J connectivity index is 1.72. The second kappa shape index (κ2) is 7.46. The molecule has 8 nitrogen and oxygen atoms in total. The predicted octanol–water partition coefficient (Wildman–Crippen LogP) is 1.35. The molecule has 140 valence electrons. The lowest BCUT2D eigenvalue weighted by atomic mass is 10.2. The number of methoxy groups -OCH3 is 1. The van der Waals surface area contributed by atoms with E-state index in [2.05, 4.69) is 31.8 Å². The summed E-state index contributed by atoms with van der Waals surface area (Å²) < 4.78 is 32.7. The summed E-state index contributed by atoms with van der Waals surface area (Å²) in [5, 5.41) is 8.18. The molecule has 1 aromatic heterocycles. The highest BCUT2D eigenvalue weighted by atomic mass is 32.2. The van der Waals surface area contributed by atoms with Crippen molar-refractivity contribution < 1.29 is 13.2 Å². The summed E-state index contributed by atoms with van der Waals surface area (Å²) in [6.45, 7) is 5.48. The van der Waals surface area contributed by atoms with Crippen molar-refractivity contribution in [2.24, 2.45) is 0 Å². The van der Waals surface area contributed by atoms with E-state index in [9.17, 15) is 8.42 Å². The molecular weight excluding hydrogens is 354 g/mol. The van der Waals surface area contributed by atoms with Gasteiger partial charge in [-0.25, -0.2) is 8.42 Å². The van der Waals surface area contributed by atoms with Gasteiger partial charge in [-0.2, -0.15) is 0 Å². The molecular formula is C17H23N5O3S. The standard InChI is InChI=1S/C17H23N5O3S/c1-13-12-14(4-5-15(13)25-3)26(23,24)20-16-6-7-17(19-18-16)22-10-8-21(2)9-11-22/h4-7,12H,8-11H2,1-3H3,(H,18,20). The van der Waals surface area contributed by atoms with E-state index >= 15 is 0 Å². The summed E-state index contributed by atoms with van der Waals surface area (Å²) in [6.07, 6.45) is 0. The van der Waals surface area contributed by atoms with E-state index < -0.39 is 10.0 Å². The fourth-order valence-electron chi connectivity index (χ4n) is 2.80. The van der Waals surface area contributed by atoms with Gasteiger partial charge in [0.05, 0.1) is 12.0 Å². The molecule has 1 saturated heterocycles. The second-order valence-corrected chi connectivity index (χ2v) is 7.99. The van der Waals surface area contributed by atoms with Crippen LogP contribution >= 0.6 is 0 Å². The van der Waals surface area contributed by atoms with E-state index in [1.54, 1.807) is 38.3 Å². The lowest BCUT2D eigenvalue weighted by Gasteiger charge is -2.32. The van der Waals surface area contributed by atoms with Crippen LogP contribution in [0, 0.1) is 6.92 Å². The quantitative estimate of drug-likeness (QED) is 0.841. The van der Waals surface area contributed by atoms with Gasteiger partial charge >= 0.3 is 0 Å². The van der Waals surface area contributed by atoms with Gasteiger partial charge in [0.1, 0.15) is 5.75 Å². The average molecular weight is 377 g/mol. The van der Waals surface area contributed by atoms with Gasteiger partial charge in [0.15, 0.2) is 11.6 Å². The molecule has 26 heavy (non-hydrogen) atoms. The molecule has 0 unspecified atom stereocenters. The van der Waals surface area contributed by atoms with Crippen LogP contribution in [-0.2, 0) is 10.0 Å². The monoisotopic (exact) mass is 377 g/mol. The third-order valence-corrected chi connectivity index (χ3v) is 5.75. The topological polar surface area (TPSA) is 87.7 Å². The zero-order valence-electron chi connectivity index (χ0n) is 15.1. The number of anilines is 2. The number of sulfonamides is 1. The number of likely N-dealkylation sites (N-methyl/N-ethyl adjacent to an activating group) is 1. The van der Waals surface area contributed by atoms with Gasteiger partial charge in [0, 0.05) is 26.2 Å². The molecule has 1 N–H and O–H groups in total. The highest BCUT2D eigenvalue weighted by molar-refractivity contribution is 7.92. The first-order valence-corrected chi connectivity index (χ1v) is 9.82. The summed E-state index contributed by atoms with van der Waals surface area (Å²) in [5.74, 6) is 1.58. The van der Waals surface area contributed by atoms with Crippen molar-refractivity contribution in [2.45, 2.75) is 11.8 Å². The molecule has 1 aromatic carbocycles. The van der Waals surface area contributed by atoms with Gasteiger partial charge < -0.3 is 14.5 Å². The Morgan fingerprint density at radius 3 is 2.38 bits per heavy atom. The number of hydrogen-bond acceptors (Lipinski definition) is 7. The van der Waals surface area contributed by atoms with Gasteiger partial charge in [0.25, 0.3) is 10.0 Å². The largest absolute Gasteiger partial charge is 0.496 e. The van der Waals surface area contributed by atoms with Crippen molar-refractivity contribution in [3.8, 4) is 5.75 Å². The van der Waals surface area contributed by atoms with Crippen molar-refractivity contribution in [1.82, 2.24) is 15.1 Å². The number of nitrogens with one attached hydrogen (secondary N) is 1. The van der Waals surface area contributed by atoms with E-state index in [4.69, 9.17) is 4.74 Å². The molecule has 0 aliphatic carbocycles. The lowest BCUT2D eigenvalue weighted by molar-refractivity contribution is 0.312. The molecule has 1 aliphatic heterocycles. The Morgan fingerprint density at radius 2 is 1.81 bits per heavy atom. The molecule has 0 saturated carbocycles. The Morgan fingerprint density at radius 1 is 1.08 bits per heavy atom. The van der Waals surface area contributed by atoms with Crippen molar-refractivity contribution in [3.63, 3.8) is 0 Å². The van der Waals surface area contributed by atoms with Gasteiger partial charge in [-0.3, -0.25) is 4.72 Å². The highest BCUT2D eigenvalue weighted by Crippen LogP contribution is 2.23. The number of ether oxygens (including phenoxy) is 1. The summed E-state index contributed by atoms with van der Waals surface area (Å²) in [5.41, 5.74) is 0.742. The van der Waals surface area contributed by atoms with Crippen LogP contribution in [0.25, 0.3) is 0 Å². The molecule has 2 aromatic rings. The summed E-state index contributed by atoms with van der Waals surface area (Å²) in [7, 11) is -0.101. The smallest absolute Gasteiger partial charge is 0.263 e. The van der Waals surface area contributed by atoms with Crippen LogP contribution in [0.4, 0.5) is 11.6 Å². The summed E-state index contributed by atoms with van der Waals surface area (Å²) in [4.78, 5) is 4.54. The van der Waals surface area contributed by atoms with Crippen LogP contribution in [0.3, 0.4) is 0 Å². The predicted molar refractivity (Wildman–Crippen MR) is 100 cm³/mol. The molecule has 3 rings (SSSR count). The maximum absolute atomic E-state index is 12.5. The maximum atomic E-state index is 12.5. The van der Waals surface area contributed by atoms with E-state index in [-0.39, 0.29) is 10.7 Å². The van der Waals surface area contributed by atoms with E-state index in [1.807, 2.05) is 0 Å². The number of rotatable bonds is 5. The Bertz CT molecular complexity index is 862. The zero-order valence-corrected chi connectivity index (χ0v) is 16.0. The van der Waals surface area contributed by atoms with E-state index in [0.717, 1.165) is 37.6 Å². The van der Waals surface area contributed by atoms with Crippen molar-refractivity contribution >= 4 is 21.7 Å². The fraction of sp³-hybridized carbons (Fsp3) is 0.412. The average Bonchev–Trinajstić information content (AvgIpc) is 2.63. The molecule has 9 heteroatoms. The molecule has 0 amide bonds. The molecule has 0 bridgehead atoms. The van der Waals surface area contributed by atoms with Gasteiger partial charge in [0.2, 0.25) is 0 Å². The van der Waals surface area contributed by atoms with Crippen LogP contribution in [0.15, 0.2) is 35.2 Å². The van der Waals surface area contributed by atoms with Crippen LogP contribution in [0.1, 0.15) is 5.56 Å². The summed E-state index contributed by atoms with van der Waals surface area (Å²) in [6, 6.07) is 8.11. The third-order valence-electron chi connectivity index (χ3n) is 4.39. The van der Waals surface area contributed by atoms with E-state index in [1.165, 1.54) is 6.07 Å². The normalized spacial score (nSPS) is 15.7. The molecule has 1 aliphatic rings. The van der Waals surface area contributed by atoms with E-state index in [0.29, 0.717) is 5.75 Å². The number of aryl methyl sites for hydroxylation is 1. The Hall–Kier alpha value is -2.39. The van der Waals surface area contributed by atoms with Gasteiger partial charge in [-0.1, -0.05) is 0 Å². The number of hydrogen-bond donors (Lipinski definition) is 1. The molecule has 0 spiro atoms. The van der Waals surface area contributed by atoms with Crippen LogP contribution in [0.5, 0.6) is 5.75 Å². The van der Waals surface area contributed by atoms with Crippen molar-refractivity contribution in [3.05, 3.63) is 35.9 Å². The minimum absolute atomic E-state index is 0.153. The maximum Gasteiger partial charge on any atom is 0.263 e. The minimum atomic E-state index is -3.73.